The monoisotopic (exact) mass is 433 g/mol. The predicted octanol–water partition coefficient (Wildman–Crippen LogP) is 3.03. The number of pyridine rings is 1. The molecule has 7 nitrogen and oxygen atoms in total. The molecule has 0 spiro atoms. The van der Waals surface area contributed by atoms with Crippen molar-refractivity contribution < 1.29 is 22.7 Å². The molecule has 5 rings (SSSR count). The van der Waals surface area contributed by atoms with Gasteiger partial charge in [-0.05, 0) is 25.0 Å². The van der Waals surface area contributed by atoms with Crippen LogP contribution in [-0.4, -0.2) is 57.5 Å². The average Bonchev–Trinajstić information content (AvgIpc) is 3.54. The third-order valence-electron chi connectivity index (χ3n) is 6.05. The van der Waals surface area contributed by atoms with Crippen molar-refractivity contribution in [1.82, 2.24) is 19.9 Å². The van der Waals surface area contributed by atoms with Gasteiger partial charge in [-0.3, -0.25) is 9.78 Å². The highest BCUT2D eigenvalue weighted by Gasteiger charge is 2.40. The Labute approximate surface area is 177 Å². The Hall–Kier alpha value is -2.91. The number of anilines is 1. The number of amides is 1. The molecular weight excluding hydrogens is 411 g/mol. The van der Waals surface area contributed by atoms with Crippen molar-refractivity contribution in [3.05, 3.63) is 42.0 Å². The van der Waals surface area contributed by atoms with Crippen LogP contribution in [-0.2, 0) is 11.0 Å². The smallest absolute Gasteiger partial charge is 0.417 e. The van der Waals surface area contributed by atoms with Gasteiger partial charge in [-0.25, -0.2) is 9.97 Å². The van der Waals surface area contributed by atoms with E-state index in [1.165, 1.54) is 6.07 Å². The number of ether oxygens (including phenoxy) is 1. The summed E-state index contributed by atoms with van der Waals surface area (Å²) < 4.78 is 44.4. The number of carbonyl (C=O) groups is 1. The number of alkyl halides is 3. The summed E-state index contributed by atoms with van der Waals surface area (Å²) in [5.41, 5.74) is 0.203. The number of fused-ring (bicyclic) bond motifs is 1. The van der Waals surface area contributed by atoms with Gasteiger partial charge in [0.15, 0.2) is 0 Å². The van der Waals surface area contributed by atoms with Gasteiger partial charge in [0.05, 0.1) is 36.2 Å². The fourth-order valence-corrected chi connectivity index (χ4v) is 4.25. The molecule has 164 valence electrons. The number of aromatic nitrogens is 3. The van der Waals surface area contributed by atoms with Crippen LogP contribution < -0.4 is 9.64 Å². The maximum Gasteiger partial charge on any atom is 0.417 e. The Balaban J connectivity index is 1.25. The number of hydrogen-bond donors (Lipinski definition) is 0. The second-order valence-electron chi connectivity index (χ2n) is 8.33. The molecule has 0 radical (unpaired) electrons. The predicted molar refractivity (Wildman–Crippen MR) is 105 cm³/mol. The summed E-state index contributed by atoms with van der Waals surface area (Å²) in [5, 5.41) is 0. The van der Waals surface area contributed by atoms with E-state index in [1.807, 2.05) is 4.90 Å². The minimum Gasteiger partial charge on any atom is -0.471 e. The molecule has 31 heavy (non-hydrogen) atoms. The van der Waals surface area contributed by atoms with Crippen molar-refractivity contribution in [1.29, 1.82) is 0 Å². The topological polar surface area (TPSA) is 71.5 Å². The molecule has 0 unspecified atom stereocenters. The van der Waals surface area contributed by atoms with E-state index in [0.29, 0.717) is 43.7 Å². The molecule has 0 bridgehead atoms. The van der Waals surface area contributed by atoms with Gasteiger partial charge >= 0.3 is 6.18 Å². The van der Waals surface area contributed by atoms with E-state index >= 15 is 0 Å². The van der Waals surface area contributed by atoms with Gasteiger partial charge in [-0.15, -0.1) is 0 Å². The first-order valence-electron chi connectivity index (χ1n) is 10.4. The van der Waals surface area contributed by atoms with Crippen LogP contribution in [0.25, 0.3) is 0 Å². The number of rotatable bonds is 4. The minimum atomic E-state index is -4.42. The first kappa shape index (κ1) is 20.0. The lowest BCUT2D eigenvalue weighted by Gasteiger charge is -2.26. The standard InChI is InChI=1S/C21H22F3N5O2/c22-21(23,24)14-3-4-18(26-8-14)28-6-5-20(30)29-12-16(7-15(29)11-28)31-19-10-25-17(9-27-19)13-1-2-13/h3-4,8-10,13,15-16H,1-2,5-7,11-12H2/t15-,16-/m1/s1. The lowest BCUT2D eigenvalue weighted by Crippen LogP contribution is -2.38. The zero-order valence-electron chi connectivity index (χ0n) is 16.8. The molecular formula is C21H22F3N5O2. The zero-order valence-corrected chi connectivity index (χ0v) is 16.8. The van der Waals surface area contributed by atoms with Crippen LogP contribution in [0.2, 0.25) is 0 Å². The molecule has 3 aliphatic rings. The van der Waals surface area contributed by atoms with E-state index in [4.69, 9.17) is 4.74 Å². The molecule has 2 aromatic heterocycles. The number of nitrogens with zero attached hydrogens (tertiary/aromatic N) is 5. The molecule has 2 aromatic rings. The van der Waals surface area contributed by atoms with Crippen molar-refractivity contribution in [3.8, 4) is 5.88 Å². The highest BCUT2D eigenvalue weighted by Crippen LogP contribution is 2.38. The van der Waals surface area contributed by atoms with Crippen LogP contribution in [0.15, 0.2) is 30.7 Å². The van der Waals surface area contributed by atoms with Crippen LogP contribution in [0, 0.1) is 0 Å². The Kier molecular flexibility index (Phi) is 4.94. The van der Waals surface area contributed by atoms with Gasteiger partial charge < -0.3 is 14.5 Å². The summed E-state index contributed by atoms with van der Waals surface area (Å²) in [6, 6.07) is 2.29. The summed E-state index contributed by atoms with van der Waals surface area (Å²) in [7, 11) is 0. The highest BCUT2D eigenvalue weighted by atomic mass is 19.4. The summed E-state index contributed by atoms with van der Waals surface area (Å²) in [4.78, 5) is 29.1. The number of carbonyl (C=O) groups excluding carboxylic acids is 1. The maximum absolute atomic E-state index is 12.8. The van der Waals surface area contributed by atoms with E-state index in [9.17, 15) is 18.0 Å². The van der Waals surface area contributed by atoms with Gasteiger partial charge in [-0.1, -0.05) is 0 Å². The van der Waals surface area contributed by atoms with Gasteiger partial charge in [0.25, 0.3) is 0 Å². The molecule has 1 amide bonds. The summed E-state index contributed by atoms with van der Waals surface area (Å²) in [6.45, 7) is 1.38. The molecule has 0 aromatic carbocycles. The lowest BCUT2D eigenvalue weighted by molar-refractivity contribution is -0.137. The van der Waals surface area contributed by atoms with E-state index in [0.717, 1.165) is 30.8 Å². The zero-order chi connectivity index (χ0) is 21.6. The first-order chi connectivity index (χ1) is 14.9. The molecule has 2 saturated heterocycles. The fraction of sp³-hybridized carbons (Fsp3) is 0.524. The second kappa shape index (κ2) is 7.65. The quantitative estimate of drug-likeness (QED) is 0.738. The number of hydrogen-bond acceptors (Lipinski definition) is 6. The Morgan fingerprint density at radius 1 is 1.03 bits per heavy atom. The summed E-state index contributed by atoms with van der Waals surface area (Å²) >= 11 is 0. The molecule has 0 N–H and O–H groups in total. The first-order valence-corrected chi connectivity index (χ1v) is 10.4. The lowest BCUT2D eigenvalue weighted by atomic mass is 10.2. The largest absolute Gasteiger partial charge is 0.471 e. The van der Waals surface area contributed by atoms with E-state index in [2.05, 4.69) is 15.0 Å². The van der Waals surface area contributed by atoms with Crippen LogP contribution in [0.3, 0.4) is 0 Å². The third-order valence-corrected chi connectivity index (χ3v) is 6.05. The van der Waals surface area contributed by atoms with Crippen LogP contribution >= 0.6 is 0 Å². The SMILES string of the molecule is O=C1CCN(c2ccc(C(F)(F)F)cn2)C[C@H]2C[C@@H](Oc3cnc(C4CC4)cn3)CN12. The van der Waals surface area contributed by atoms with Crippen molar-refractivity contribution in [3.63, 3.8) is 0 Å². The third kappa shape index (κ3) is 4.28. The normalized spacial score (nSPS) is 24.2. The van der Waals surface area contributed by atoms with Crippen LogP contribution in [0.5, 0.6) is 5.88 Å². The second-order valence-corrected chi connectivity index (χ2v) is 8.33. The van der Waals surface area contributed by atoms with Crippen LogP contribution in [0.1, 0.15) is 42.9 Å². The van der Waals surface area contributed by atoms with Crippen molar-refractivity contribution in [2.24, 2.45) is 0 Å². The van der Waals surface area contributed by atoms with Gasteiger partial charge in [-0.2, -0.15) is 13.2 Å². The Bertz CT molecular complexity index is 947. The number of halogens is 3. The van der Waals surface area contributed by atoms with Crippen molar-refractivity contribution in [2.75, 3.05) is 24.5 Å². The molecule has 3 fully saturated rings. The molecule has 1 aliphatic carbocycles. The van der Waals surface area contributed by atoms with E-state index in [-0.39, 0.29) is 24.5 Å². The summed E-state index contributed by atoms with van der Waals surface area (Å²) in [5.74, 6) is 1.42. The molecule has 2 aliphatic heterocycles. The summed E-state index contributed by atoms with van der Waals surface area (Å²) in [6.07, 6.45) is 2.81. The molecule has 10 heteroatoms. The van der Waals surface area contributed by atoms with Crippen molar-refractivity contribution in [2.45, 2.75) is 49.9 Å². The van der Waals surface area contributed by atoms with Gasteiger partial charge in [0.2, 0.25) is 11.8 Å². The van der Waals surface area contributed by atoms with Crippen LogP contribution in [0.4, 0.5) is 19.0 Å². The Morgan fingerprint density at radius 2 is 1.87 bits per heavy atom. The maximum atomic E-state index is 12.8. The Morgan fingerprint density at radius 3 is 2.52 bits per heavy atom. The highest BCUT2D eigenvalue weighted by molar-refractivity contribution is 5.78. The van der Waals surface area contributed by atoms with Gasteiger partial charge in [0, 0.05) is 38.0 Å². The molecule has 2 atom stereocenters. The molecule has 4 heterocycles. The van der Waals surface area contributed by atoms with E-state index in [1.54, 1.807) is 17.3 Å². The van der Waals surface area contributed by atoms with E-state index < -0.39 is 11.7 Å². The van der Waals surface area contributed by atoms with Crippen molar-refractivity contribution >= 4 is 11.7 Å². The average molecular weight is 433 g/mol. The van der Waals surface area contributed by atoms with Gasteiger partial charge in [0.1, 0.15) is 11.9 Å². The minimum absolute atomic E-state index is 0.0145. The fourth-order valence-electron chi connectivity index (χ4n) is 4.25. The molecule has 1 saturated carbocycles.